The van der Waals surface area contributed by atoms with Crippen LogP contribution in [-0.4, -0.2) is 13.1 Å². The van der Waals surface area contributed by atoms with Gasteiger partial charge in [-0.05, 0) is 18.6 Å². The number of hydrogen-bond acceptors (Lipinski definition) is 3. The van der Waals surface area contributed by atoms with Gasteiger partial charge in [0.25, 0.3) is 0 Å². The first-order valence-electron chi connectivity index (χ1n) is 4.41. The van der Waals surface area contributed by atoms with E-state index in [9.17, 15) is 4.79 Å². The Labute approximate surface area is 83.6 Å². The second kappa shape index (κ2) is 4.65. The Morgan fingerprint density at radius 1 is 1.43 bits per heavy atom. The van der Waals surface area contributed by atoms with E-state index in [1.165, 1.54) is 6.92 Å². The number of benzene rings is 1. The number of carbonyl (C=O) groups excluding carboxylic acids is 1. The van der Waals surface area contributed by atoms with E-state index in [4.69, 9.17) is 9.47 Å². The lowest BCUT2D eigenvalue weighted by atomic mass is 10.1. The van der Waals surface area contributed by atoms with Crippen LogP contribution in [0.4, 0.5) is 0 Å². The van der Waals surface area contributed by atoms with E-state index in [2.05, 4.69) is 0 Å². The Balaban J connectivity index is 2.87. The molecule has 0 saturated carbocycles. The lowest BCUT2D eigenvalue weighted by Crippen LogP contribution is -2.02. The normalized spacial score (nSPS) is 9.64. The van der Waals surface area contributed by atoms with Crippen LogP contribution in [0, 0.1) is 6.92 Å². The summed E-state index contributed by atoms with van der Waals surface area (Å²) in [7, 11) is 1.60. The number of ether oxygens (including phenoxy) is 2. The molecule has 0 spiro atoms. The molecule has 0 aliphatic heterocycles. The number of esters is 1. The van der Waals surface area contributed by atoms with Crippen LogP contribution in [0.2, 0.25) is 0 Å². The van der Waals surface area contributed by atoms with Gasteiger partial charge in [-0.25, -0.2) is 0 Å². The third kappa shape index (κ3) is 2.49. The highest BCUT2D eigenvalue weighted by Gasteiger charge is 2.06. The summed E-state index contributed by atoms with van der Waals surface area (Å²) >= 11 is 0. The van der Waals surface area contributed by atoms with Gasteiger partial charge in [-0.3, -0.25) is 4.79 Å². The van der Waals surface area contributed by atoms with E-state index >= 15 is 0 Å². The average molecular weight is 194 g/mol. The number of aryl methyl sites for hydroxylation is 1. The highest BCUT2D eigenvalue weighted by molar-refractivity contribution is 5.66. The predicted molar refractivity (Wildman–Crippen MR) is 53.2 cm³/mol. The van der Waals surface area contributed by atoms with Crippen molar-refractivity contribution in [2.75, 3.05) is 7.11 Å². The zero-order valence-electron chi connectivity index (χ0n) is 8.66. The van der Waals surface area contributed by atoms with Gasteiger partial charge in [0.2, 0.25) is 0 Å². The topological polar surface area (TPSA) is 35.5 Å². The fourth-order valence-corrected chi connectivity index (χ4v) is 1.23. The maximum Gasteiger partial charge on any atom is 0.302 e. The molecule has 76 valence electrons. The minimum absolute atomic E-state index is 0.269. The molecule has 0 amide bonds. The molecule has 3 nitrogen and oxygen atoms in total. The monoisotopic (exact) mass is 194 g/mol. The average Bonchev–Trinajstić information content (AvgIpc) is 2.15. The number of hydrogen-bond donors (Lipinski definition) is 0. The summed E-state index contributed by atoms with van der Waals surface area (Å²) in [5.41, 5.74) is 1.98. The smallest absolute Gasteiger partial charge is 0.302 e. The van der Waals surface area contributed by atoms with E-state index in [1.54, 1.807) is 7.11 Å². The zero-order valence-corrected chi connectivity index (χ0v) is 8.66. The van der Waals surface area contributed by atoms with Crippen molar-refractivity contribution in [1.29, 1.82) is 0 Å². The van der Waals surface area contributed by atoms with Gasteiger partial charge in [0.1, 0.15) is 12.4 Å². The quantitative estimate of drug-likeness (QED) is 0.691. The van der Waals surface area contributed by atoms with Crippen molar-refractivity contribution in [2.45, 2.75) is 20.5 Å². The molecule has 0 aromatic heterocycles. The fraction of sp³-hybridized carbons (Fsp3) is 0.364. The molecule has 14 heavy (non-hydrogen) atoms. The molecule has 0 aliphatic carbocycles. The van der Waals surface area contributed by atoms with Gasteiger partial charge in [-0.2, -0.15) is 0 Å². The molecule has 0 radical (unpaired) electrons. The van der Waals surface area contributed by atoms with E-state index in [0.29, 0.717) is 0 Å². The second-order valence-electron chi connectivity index (χ2n) is 3.04. The molecule has 0 saturated heterocycles. The minimum Gasteiger partial charge on any atom is -0.496 e. The summed E-state index contributed by atoms with van der Waals surface area (Å²) in [4.78, 5) is 10.7. The fourth-order valence-electron chi connectivity index (χ4n) is 1.23. The largest absolute Gasteiger partial charge is 0.496 e. The molecule has 0 fully saturated rings. The summed E-state index contributed by atoms with van der Waals surface area (Å²) in [6, 6.07) is 5.72. The number of rotatable bonds is 3. The molecule has 1 aromatic carbocycles. The van der Waals surface area contributed by atoms with Crippen LogP contribution in [0.25, 0.3) is 0 Å². The Hall–Kier alpha value is -1.51. The van der Waals surface area contributed by atoms with Crippen molar-refractivity contribution in [3.8, 4) is 5.75 Å². The zero-order chi connectivity index (χ0) is 10.6. The van der Waals surface area contributed by atoms with Gasteiger partial charge in [-0.15, -0.1) is 0 Å². The Bertz CT molecular complexity index is 331. The van der Waals surface area contributed by atoms with Crippen LogP contribution in [0.1, 0.15) is 18.1 Å². The molecular weight excluding hydrogens is 180 g/mol. The summed E-state index contributed by atoms with van der Waals surface area (Å²) in [5, 5.41) is 0. The molecular formula is C11H14O3. The maximum absolute atomic E-state index is 10.7. The van der Waals surface area contributed by atoms with Gasteiger partial charge >= 0.3 is 5.97 Å². The van der Waals surface area contributed by atoms with Gasteiger partial charge < -0.3 is 9.47 Å². The second-order valence-corrected chi connectivity index (χ2v) is 3.04. The maximum atomic E-state index is 10.7. The summed E-state index contributed by atoms with van der Waals surface area (Å²) in [6.45, 7) is 3.62. The van der Waals surface area contributed by atoms with Gasteiger partial charge in [-0.1, -0.05) is 12.1 Å². The van der Waals surface area contributed by atoms with E-state index in [0.717, 1.165) is 16.9 Å². The predicted octanol–water partition coefficient (Wildman–Crippen LogP) is 2.07. The van der Waals surface area contributed by atoms with Crippen molar-refractivity contribution in [1.82, 2.24) is 0 Å². The molecule has 0 bridgehead atoms. The van der Waals surface area contributed by atoms with E-state index < -0.39 is 0 Å². The molecule has 0 atom stereocenters. The highest BCUT2D eigenvalue weighted by atomic mass is 16.5. The standard InChI is InChI=1S/C11H14O3/c1-8-5-4-6-11(13-3)10(8)7-14-9(2)12/h4-6H,7H2,1-3H3. The SMILES string of the molecule is COc1cccc(C)c1COC(C)=O. The van der Waals surface area contributed by atoms with Crippen LogP contribution in [0.15, 0.2) is 18.2 Å². The van der Waals surface area contributed by atoms with Gasteiger partial charge in [0.15, 0.2) is 0 Å². The molecule has 3 heteroatoms. The first-order chi connectivity index (χ1) is 6.65. The Kier molecular flexibility index (Phi) is 3.51. The van der Waals surface area contributed by atoms with E-state index in [-0.39, 0.29) is 12.6 Å². The summed E-state index contributed by atoms with van der Waals surface area (Å²) < 4.78 is 10.1. The third-order valence-electron chi connectivity index (χ3n) is 2.01. The van der Waals surface area contributed by atoms with Crippen molar-refractivity contribution in [3.63, 3.8) is 0 Å². The molecule has 0 heterocycles. The number of carbonyl (C=O) groups is 1. The van der Waals surface area contributed by atoms with Crippen LogP contribution in [0.5, 0.6) is 5.75 Å². The van der Waals surface area contributed by atoms with Crippen LogP contribution < -0.4 is 4.74 Å². The van der Waals surface area contributed by atoms with Gasteiger partial charge in [0.05, 0.1) is 7.11 Å². The van der Waals surface area contributed by atoms with Crippen LogP contribution >= 0.6 is 0 Å². The Morgan fingerprint density at radius 2 is 2.14 bits per heavy atom. The molecule has 0 unspecified atom stereocenters. The number of methoxy groups -OCH3 is 1. The van der Waals surface area contributed by atoms with Crippen LogP contribution in [0.3, 0.4) is 0 Å². The van der Waals surface area contributed by atoms with Crippen molar-refractivity contribution < 1.29 is 14.3 Å². The lowest BCUT2D eigenvalue weighted by molar-refractivity contribution is -0.142. The highest BCUT2D eigenvalue weighted by Crippen LogP contribution is 2.22. The lowest BCUT2D eigenvalue weighted by Gasteiger charge is -2.10. The molecule has 0 N–H and O–H groups in total. The first-order valence-corrected chi connectivity index (χ1v) is 4.41. The minimum atomic E-state index is -0.282. The third-order valence-corrected chi connectivity index (χ3v) is 2.01. The van der Waals surface area contributed by atoms with Crippen molar-refractivity contribution in [3.05, 3.63) is 29.3 Å². The molecule has 1 aromatic rings. The molecule has 0 aliphatic rings. The summed E-state index contributed by atoms with van der Waals surface area (Å²) in [5.74, 6) is 0.474. The Morgan fingerprint density at radius 3 is 2.71 bits per heavy atom. The van der Waals surface area contributed by atoms with Crippen molar-refractivity contribution in [2.24, 2.45) is 0 Å². The van der Waals surface area contributed by atoms with Crippen LogP contribution in [-0.2, 0) is 16.1 Å². The van der Waals surface area contributed by atoms with Crippen molar-refractivity contribution >= 4 is 5.97 Å². The van der Waals surface area contributed by atoms with Gasteiger partial charge in [0, 0.05) is 12.5 Å². The first kappa shape index (κ1) is 10.6. The summed E-state index contributed by atoms with van der Waals surface area (Å²) in [6.07, 6.45) is 0. The van der Waals surface area contributed by atoms with E-state index in [1.807, 2.05) is 25.1 Å². The molecule has 1 rings (SSSR count).